The summed E-state index contributed by atoms with van der Waals surface area (Å²) in [5, 5.41) is 2.03. The van der Waals surface area contributed by atoms with E-state index in [1.54, 1.807) is 11.3 Å². The lowest BCUT2D eigenvalue weighted by molar-refractivity contribution is -0.133. The maximum absolute atomic E-state index is 12.9. The van der Waals surface area contributed by atoms with E-state index in [4.69, 9.17) is 4.74 Å². The Balaban J connectivity index is 1.46. The standard InChI is InChI=1S/C19H24N4O2S/c1-14-20-6-15(7-21-14)8-22-9-16-10-23(17(11-22)13-25-12-16)19(24)5-18-3-2-4-26-18/h2-4,6-7,16-17H,5,8-13H2,1H3/t16-,17-/m0/s1. The van der Waals surface area contributed by atoms with Crippen LogP contribution in [0.15, 0.2) is 29.9 Å². The summed E-state index contributed by atoms with van der Waals surface area (Å²) in [5.74, 6) is 1.36. The van der Waals surface area contributed by atoms with Gasteiger partial charge in [0.25, 0.3) is 0 Å². The van der Waals surface area contributed by atoms with E-state index in [0.717, 1.165) is 49.1 Å². The predicted octanol–water partition coefficient (Wildman–Crippen LogP) is 1.75. The van der Waals surface area contributed by atoms with Crippen LogP contribution in [0.1, 0.15) is 16.3 Å². The fourth-order valence-electron chi connectivity index (χ4n) is 3.80. The summed E-state index contributed by atoms with van der Waals surface area (Å²) in [6.07, 6.45) is 4.30. The molecule has 0 N–H and O–H groups in total. The third kappa shape index (κ3) is 4.11. The van der Waals surface area contributed by atoms with Gasteiger partial charge in [0.05, 0.1) is 25.7 Å². The Labute approximate surface area is 157 Å². The van der Waals surface area contributed by atoms with Crippen LogP contribution in [0.5, 0.6) is 0 Å². The smallest absolute Gasteiger partial charge is 0.228 e. The van der Waals surface area contributed by atoms with Gasteiger partial charge in [0.2, 0.25) is 5.91 Å². The molecule has 0 spiro atoms. The average molecular weight is 372 g/mol. The molecule has 7 heteroatoms. The van der Waals surface area contributed by atoms with Crippen molar-refractivity contribution in [3.05, 3.63) is 46.2 Å². The number of fused-ring (bicyclic) bond motifs is 3. The minimum Gasteiger partial charge on any atom is -0.379 e. The molecule has 138 valence electrons. The molecule has 0 saturated carbocycles. The van der Waals surface area contributed by atoms with Gasteiger partial charge < -0.3 is 9.64 Å². The maximum Gasteiger partial charge on any atom is 0.228 e. The minimum atomic E-state index is 0.112. The number of aromatic nitrogens is 2. The third-order valence-corrected chi connectivity index (χ3v) is 5.89. The molecule has 0 radical (unpaired) electrons. The summed E-state index contributed by atoms with van der Waals surface area (Å²) < 4.78 is 5.85. The van der Waals surface area contributed by atoms with Gasteiger partial charge in [0, 0.05) is 54.9 Å². The topological polar surface area (TPSA) is 58.6 Å². The van der Waals surface area contributed by atoms with Crippen molar-refractivity contribution >= 4 is 17.2 Å². The van der Waals surface area contributed by atoms with Crippen LogP contribution in [-0.4, -0.2) is 64.6 Å². The molecule has 4 heterocycles. The molecule has 0 aliphatic carbocycles. The fraction of sp³-hybridized carbons (Fsp3) is 0.526. The van der Waals surface area contributed by atoms with Crippen molar-refractivity contribution in [2.24, 2.45) is 5.92 Å². The zero-order valence-corrected chi connectivity index (χ0v) is 15.8. The highest BCUT2D eigenvalue weighted by Gasteiger charge is 2.35. The van der Waals surface area contributed by atoms with Crippen molar-refractivity contribution < 1.29 is 9.53 Å². The molecule has 2 fully saturated rings. The Morgan fingerprint density at radius 3 is 2.88 bits per heavy atom. The van der Waals surface area contributed by atoms with E-state index in [0.29, 0.717) is 18.9 Å². The Morgan fingerprint density at radius 1 is 1.27 bits per heavy atom. The van der Waals surface area contributed by atoms with Gasteiger partial charge in [-0.25, -0.2) is 9.97 Å². The van der Waals surface area contributed by atoms with Gasteiger partial charge in [-0.2, -0.15) is 0 Å². The summed E-state index contributed by atoms with van der Waals surface area (Å²) in [7, 11) is 0. The minimum absolute atomic E-state index is 0.112. The van der Waals surface area contributed by atoms with E-state index in [-0.39, 0.29) is 11.9 Å². The third-order valence-electron chi connectivity index (χ3n) is 5.01. The summed E-state index contributed by atoms with van der Waals surface area (Å²) in [6, 6.07) is 4.15. The molecule has 2 aromatic heterocycles. The molecule has 2 aromatic rings. The Bertz CT molecular complexity index is 735. The van der Waals surface area contributed by atoms with Crippen LogP contribution in [-0.2, 0) is 22.5 Å². The second-order valence-corrected chi connectivity index (χ2v) is 8.22. The molecule has 6 nitrogen and oxygen atoms in total. The summed E-state index contributed by atoms with van der Waals surface area (Å²) in [5.41, 5.74) is 1.12. The molecule has 26 heavy (non-hydrogen) atoms. The Hall–Kier alpha value is -1.83. The van der Waals surface area contributed by atoms with E-state index in [1.165, 1.54) is 0 Å². The number of hydrogen-bond donors (Lipinski definition) is 0. The van der Waals surface area contributed by atoms with Gasteiger partial charge in [0.1, 0.15) is 5.82 Å². The van der Waals surface area contributed by atoms with Crippen LogP contribution in [0.25, 0.3) is 0 Å². The number of hydrogen-bond acceptors (Lipinski definition) is 6. The van der Waals surface area contributed by atoms with Gasteiger partial charge in [0.15, 0.2) is 0 Å². The first-order valence-corrected chi connectivity index (χ1v) is 9.95. The Kier molecular flexibility index (Phi) is 5.28. The molecular weight excluding hydrogens is 348 g/mol. The molecule has 2 aliphatic heterocycles. The number of rotatable bonds is 4. The lowest BCUT2D eigenvalue weighted by atomic mass is 10.1. The number of carbonyl (C=O) groups is 1. The molecule has 2 atom stereocenters. The number of nitrogens with zero attached hydrogens (tertiary/aromatic N) is 4. The average Bonchev–Trinajstić information content (AvgIpc) is 2.95. The molecule has 1 amide bonds. The van der Waals surface area contributed by atoms with Crippen LogP contribution in [0.4, 0.5) is 0 Å². The number of ether oxygens (including phenoxy) is 1. The number of carbonyl (C=O) groups excluding carboxylic acids is 1. The van der Waals surface area contributed by atoms with Crippen LogP contribution in [0, 0.1) is 12.8 Å². The summed E-state index contributed by atoms with van der Waals surface area (Å²) >= 11 is 1.65. The van der Waals surface area contributed by atoms with Crippen LogP contribution in [0.3, 0.4) is 0 Å². The van der Waals surface area contributed by atoms with Crippen molar-refractivity contribution in [3.8, 4) is 0 Å². The second kappa shape index (κ2) is 7.82. The Morgan fingerprint density at radius 2 is 2.12 bits per heavy atom. The molecule has 2 aliphatic rings. The molecule has 2 saturated heterocycles. The van der Waals surface area contributed by atoms with E-state index >= 15 is 0 Å². The fourth-order valence-corrected chi connectivity index (χ4v) is 4.49. The van der Waals surface area contributed by atoms with Crippen LogP contribution < -0.4 is 0 Å². The van der Waals surface area contributed by atoms with Crippen molar-refractivity contribution in [2.75, 3.05) is 32.8 Å². The lowest BCUT2D eigenvalue weighted by Crippen LogP contribution is -2.46. The molecular formula is C19H24N4O2S. The first-order valence-electron chi connectivity index (χ1n) is 9.07. The van der Waals surface area contributed by atoms with Crippen LogP contribution in [0.2, 0.25) is 0 Å². The van der Waals surface area contributed by atoms with Gasteiger partial charge >= 0.3 is 0 Å². The van der Waals surface area contributed by atoms with Crippen LogP contribution >= 0.6 is 11.3 Å². The normalized spacial score (nSPS) is 23.7. The van der Waals surface area contributed by atoms with E-state index in [1.807, 2.05) is 36.8 Å². The monoisotopic (exact) mass is 372 g/mol. The molecule has 0 unspecified atom stereocenters. The zero-order chi connectivity index (χ0) is 17.9. The van der Waals surface area contributed by atoms with Gasteiger partial charge in [-0.3, -0.25) is 9.69 Å². The number of thiophene rings is 1. The second-order valence-electron chi connectivity index (χ2n) is 7.19. The SMILES string of the molecule is Cc1ncc(CN2C[C@@H]3COC[C@H](C2)N(C(=O)Cc2cccs2)C3)cn1. The summed E-state index contributed by atoms with van der Waals surface area (Å²) in [6.45, 7) is 6.62. The number of amides is 1. The van der Waals surface area contributed by atoms with Gasteiger partial charge in [-0.05, 0) is 18.4 Å². The largest absolute Gasteiger partial charge is 0.379 e. The van der Waals surface area contributed by atoms with E-state index in [2.05, 4.69) is 19.8 Å². The lowest BCUT2D eigenvalue weighted by Gasteiger charge is -2.31. The van der Waals surface area contributed by atoms with Gasteiger partial charge in [-0.1, -0.05) is 6.07 Å². The molecule has 4 rings (SSSR count). The number of aryl methyl sites for hydroxylation is 1. The highest BCUT2D eigenvalue weighted by molar-refractivity contribution is 7.10. The zero-order valence-electron chi connectivity index (χ0n) is 15.0. The predicted molar refractivity (Wildman–Crippen MR) is 99.9 cm³/mol. The van der Waals surface area contributed by atoms with Crippen molar-refractivity contribution in [3.63, 3.8) is 0 Å². The maximum atomic E-state index is 12.9. The summed E-state index contributed by atoms with van der Waals surface area (Å²) in [4.78, 5) is 27.1. The van der Waals surface area contributed by atoms with Crippen molar-refractivity contribution in [1.82, 2.24) is 19.8 Å². The molecule has 2 bridgehead atoms. The van der Waals surface area contributed by atoms with E-state index in [9.17, 15) is 4.79 Å². The quantitative estimate of drug-likeness (QED) is 0.818. The van der Waals surface area contributed by atoms with Crippen molar-refractivity contribution in [1.29, 1.82) is 0 Å². The van der Waals surface area contributed by atoms with E-state index < -0.39 is 0 Å². The highest BCUT2D eigenvalue weighted by atomic mass is 32.1. The van der Waals surface area contributed by atoms with Gasteiger partial charge in [-0.15, -0.1) is 11.3 Å². The first kappa shape index (κ1) is 17.6. The molecule has 0 aromatic carbocycles. The highest BCUT2D eigenvalue weighted by Crippen LogP contribution is 2.22. The van der Waals surface area contributed by atoms with Crippen molar-refractivity contribution in [2.45, 2.75) is 25.9 Å². The first-order chi connectivity index (χ1) is 12.7.